The van der Waals surface area contributed by atoms with Crippen molar-refractivity contribution in [3.8, 4) is 0 Å². The minimum atomic E-state index is 0.696. The Kier molecular flexibility index (Phi) is 4.60. The Morgan fingerprint density at radius 3 is 3.00 bits per heavy atom. The number of likely N-dealkylation sites (tertiary alicyclic amines) is 1. The molecular weight excluding hydrogens is 228 g/mol. The molecule has 2 rings (SSSR count). The van der Waals surface area contributed by atoms with Crippen LogP contribution < -0.4 is 5.32 Å². The summed E-state index contributed by atoms with van der Waals surface area (Å²) in [6, 6.07) is 5.78. The molecule has 0 aromatic carbocycles. The van der Waals surface area contributed by atoms with E-state index in [1.54, 1.807) is 0 Å². The first-order valence-electron chi connectivity index (χ1n) is 6.63. The fourth-order valence-electron chi connectivity index (χ4n) is 2.66. The summed E-state index contributed by atoms with van der Waals surface area (Å²) < 4.78 is 0. The lowest BCUT2D eigenvalue weighted by molar-refractivity contribution is 0.122. The summed E-state index contributed by atoms with van der Waals surface area (Å²) in [5.74, 6) is 0.763. The summed E-state index contributed by atoms with van der Waals surface area (Å²) in [4.78, 5) is 3.97. The number of piperidine rings is 1. The van der Waals surface area contributed by atoms with Gasteiger partial charge in [0.15, 0.2) is 0 Å². The van der Waals surface area contributed by atoms with Crippen LogP contribution in [0.25, 0.3) is 0 Å². The zero-order chi connectivity index (χ0) is 12.3. The number of hydrogen-bond donors (Lipinski definition) is 1. The van der Waals surface area contributed by atoms with Gasteiger partial charge in [-0.3, -0.25) is 0 Å². The molecule has 1 aromatic rings. The van der Waals surface area contributed by atoms with Crippen molar-refractivity contribution in [2.24, 2.45) is 5.92 Å². The molecule has 0 amide bonds. The van der Waals surface area contributed by atoms with Crippen LogP contribution in [0.15, 0.2) is 17.5 Å². The van der Waals surface area contributed by atoms with Crippen LogP contribution in [0, 0.1) is 5.92 Å². The van der Waals surface area contributed by atoms with Crippen molar-refractivity contribution in [2.45, 2.75) is 38.8 Å². The fourth-order valence-corrected chi connectivity index (χ4v) is 3.37. The highest BCUT2D eigenvalue weighted by Crippen LogP contribution is 2.20. The highest BCUT2D eigenvalue weighted by atomic mass is 32.1. The third-order valence-electron chi connectivity index (χ3n) is 3.97. The Morgan fingerprint density at radius 2 is 2.29 bits per heavy atom. The number of thiophene rings is 1. The van der Waals surface area contributed by atoms with Crippen LogP contribution >= 0.6 is 11.3 Å². The molecule has 1 N–H and O–H groups in total. The van der Waals surface area contributed by atoms with Gasteiger partial charge in [0.05, 0.1) is 0 Å². The van der Waals surface area contributed by atoms with Gasteiger partial charge in [-0.05, 0) is 44.2 Å². The van der Waals surface area contributed by atoms with E-state index in [1.807, 2.05) is 11.3 Å². The minimum Gasteiger partial charge on any atom is -0.313 e. The Hall–Kier alpha value is -0.380. The SMILES string of the molecule is CC1CN(C)C(C)CC1NCCc1cccs1. The van der Waals surface area contributed by atoms with Crippen molar-refractivity contribution in [3.05, 3.63) is 22.4 Å². The van der Waals surface area contributed by atoms with Gasteiger partial charge >= 0.3 is 0 Å². The standard InChI is InChI=1S/C14H24N2S/c1-11-10-16(3)12(2)9-14(11)15-7-6-13-5-4-8-17-13/h4-5,8,11-12,14-15H,6-7,9-10H2,1-3H3. The third-order valence-corrected chi connectivity index (χ3v) is 4.90. The van der Waals surface area contributed by atoms with Crippen molar-refractivity contribution < 1.29 is 0 Å². The Labute approximate surface area is 109 Å². The van der Waals surface area contributed by atoms with E-state index in [0.717, 1.165) is 12.5 Å². The molecule has 96 valence electrons. The van der Waals surface area contributed by atoms with Gasteiger partial charge < -0.3 is 10.2 Å². The van der Waals surface area contributed by atoms with E-state index in [2.05, 4.69) is 48.6 Å². The van der Waals surface area contributed by atoms with Gasteiger partial charge in [-0.2, -0.15) is 0 Å². The van der Waals surface area contributed by atoms with Crippen LogP contribution in [0.4, 0.5) is 0 Å². The average molecular weight is 252 g/mol. The van der Waals surface area contributed by atoms with Gasteiger partial charge in [-0.1, -0.05) is 13.0 Å². The van der Waals surface area contributed by atoms with Crippen LogP contribution in [-0.2, 0) is 6.42 Å². The van der Waals surface area contributed by atoms with Crippen molar-refractivity contribution in [2.75, 3.05) is 20.1 Å². The Balaban J connectivity index is 1.75. The summed E-state index contributed by atoms with van der Waals surface area (Å²) in [6.45, 7) is 7.04. The number of rotatable bonds is 4. The van der Waals surface area contributed by atoms with Gasteiger partial charge in [-0.15, -0.1) is 11.3 Å². The molecule has 1 aliphatic heterocycles. The maximum Gasteiger partial charge on any atom is 0.0120 e. The van der Waals surface area contributed by atoms with Gasteiger partial charge in [0.1, 0.15) is 0 Å². The lowest BCUT2D eigenvalue weighted by Crippen LogP contribution is -2.51. The molecule has 1 saturated heterocycles. The quantitative estimate of drug-likeness (QED) is 0.886. The molecule has 3 heteroatoms. The molecule has 17 heavy (non-hydrogen) atoms. The molecule has 0 radical (unpaired) electrons. The van der Waals surface area contributed by atoms with Gasteiger partial charge in [0.2, 0.25) is 0 Å². The van der Waals surface area contributed by atoms with Crippen LogP contribution in [0.1, 0.15) is 25.1 Å². The second kappa shape index (κ2) is 5.98. The van der Waals surface area contributed by atoms with E-state index in [9.17, 15) is 0 Å². The maximum atomic E-state index is 3.74. The first kappa shape index (κ1) is 13.1. The topological polar surface area (TPSA) is 15.3 Å². The molecule has 0 bridgehead atoms. The maximum absolute atomic E-state index is 3.74. The summed E-state index contributed by atoms with van der Waals surface area (Å²) in [7, 11) is 2.24. The van der Waals surface area contributed by atoms with E-state index < -0.39 is 0 Å². The van der Waals surface area contributed by atoms with Crippen LogP contribution in [0.3, 0.4) is 0 Å². The zero-order valence-corrected chi connectivity index (χ0v) is 12.0. The van der Waals surface area contributed by atoms with E-state index >= 15 is 0 Å². The Morgan fingerprint density at radius 1 is 1.47 bits per heavy atom. The van der Waals surface area contributed by atoms with Crippen molar-refractivity contribution >= 4 is 11.3 Å². The fraction of sp³-hybridized carbons (Fsp3) is 0.714. The van der Waals surface area contributed by atoms with Gasteiger partial charge in [0, 0.05) is 30.1 Å². The van der Waals surface area contributed by atoms with Crippen LogP contribution in [-0.4, -0.2) is 37.1 Å². The lowest BCUT2D eigenvalue weighted by atomic mass is 9.90. The van der Waals surface area contributed by atoms with Gasteiger partial charge in [0.25, 0.3) is 0 Å². The molecular formula is C14H24N2S. The highest BCUT2D eigenvalue weighted by Gasteiger charge is 2.28. The molecule has 0 spiro atoms. The normalized spacial score (nSPS) is 30.6. The molecule has 1 aliphatic rings. The van der Waals surface area contributed by atoms with Crippen molar-refractivity contribution in [1.29, 1.82) is 0 Å². The second-order valence-electron chi connectivity index (χ2n) is 5.39. The average Bonchev–Trinajstić information content (AvgIpc) is 2.78. The molecule has 0 aliphatic carbocycles. The van der Waals surface area contributed by atoms with Gasteiger partial charge in [-0.25, -0.2) is 0 Å². The third kappa shape index (κ3) is 3.54. The molecule has 3 unspecified atom stereocenters. The predicted octanol–water partition coefficient (Wildman–Crippen LogP) is 2.61. The highest BCUT2D eigenvalue weighted by molar-refractivity contribution is 7.09. The summed E-state index contributed by atoms with van der Waals surface area (Å²) in [5.41, 5.74) is 0. The number of nitrogens with zero attached hydrogens (tertiary/aromatic N) is 1. The monoisotopic (exact) mass is 252 g/mol. The van der Waals surface area contributed by atoms with E-state index in [4.69, 9.17) is 0 Å². The molecule has 2 heterocycles. The van der Waals surface area contributed by atoms with Crippen molar-refractivity contribution in [3.63, 3.8) is 0 Å². The summed E-state index contributed by atoms with van der Waals surface area (Å²) >= 11 is 1.86. The summed E-state index contributed by atoms with van der Waals surface area (Å²) in [5, 5.41) is 5.90. The number of nitrogens with one attached hydrogen (secondary N) is 1. The van der Waals surface area contributed by atoms with E-state index in [1.165, 1.54) is 24.3 Å². The minimum absolute atomic E-state index is 0.696. The second-order valence-corrected chi connectivity index (χ2v) is 6.42. The predicted molar refractivity (Wildman–Crippen MR) is 75.7 cm³/mol. The molecule has 0 saturated carbocycles. The smallest absolute Gasteiger partial charge is 0.0120 e. The lowest BCUT2D eigenvalue weighted by Gasteiger charge is -2.40. The number of hydrogen-bond acceptors (Lipinski definition) is 3. The van der Waals surface area contributed by atoms with Crippen molar-refractivity contribution in [1.82, 2.24) is 10.2 Å². The van der Waals surface area contributed by atoms with Crippen LogP contribution in [0.5, 0.6) is 0 Å². The first-order valence-corrected chi connectivity index (χ1v) is 7.51. The summed E-state index contributed by atoms with van der Waals surface area (Å²) in [6.07, 6.45) is 2.45. The van der Waals surface area contributed by atoms with Crippen LogP contribution in [0.2, 0.25) is 0 Å². The molecule has 2 nitrogen and oxygen atoms in total. The Bertz CT molecular complexity index is 323. The molecule has 1 fully saturated rings. The van der Waals surface area contributed by atoms with E-state index in [0.29, 0.717) is 12.1 Å². The van der Waals surface area contributed by atoms with E-state index in [-0.39, 0.29) is 0 Å². The first-order chi connectivity index (χ1) is 8.16. The molecule has 3 atom stereocenters. The largest absolute Gasteiger partial charge is 0.313 e. The zero-order valence-electron chi connectivity index (χ0n) is 11.1. The molecule has 1 aromatic heterocycles.